The molecule has 0 bridgehead atoms. The minimum atomic E-state index is -0.340. The van der Waals surface area contributed by atoms with Gasteiger partial charge in [0, 0.05) is 0 Å². The van der Waals surface area contributed by atoms with Crippen molar-refractivity contribution >= 4 is 5.78 Å². The average molecular weight is 303 g/mol. The summed E-state index contributed by atoms with van der Waals surface area (Å²) >= 11 is 0. The van der Waals surface area contributed by atoms with Crippen LogP contribution in [-0.2, 0) is 4.79 Å². The number of Topliss-reactive ketones (excluding diaryl/α,β-unsaturated/α-hetero) is 1. The van der Waals surface area contributed by atoms with Gasteiger partial charge >= 0.3 is 0 Å². The molecule has 2 atom stereocenters. The molecule has 0 fully saturated rings. The van der Waals surface area contributed by atoms with Gasteiger partial charge in [-0.05, 0) is 30.5 Å². The third-order valence-corrected chi connectivity index (χ3v) is 4.39. The van der Waals surface area contributed by atoms with E-state index in [2.05, 4.69) is 28.3 Å². The number of hydrogen-bond acceptors (Lipinski definition) is 3. The molecule has 4 nitrogen and oxygen atoms in total. The van der Waals surface area contributed by atoms with Crippen molar-refractivity contribution in [2.24, 2.45) is 0 Å². The summed E-state index contributed by atoms with van der Waals surface area (Å²) in [6.07, 6.45) is 0. The number of ketones is 1. The Bertz CT molecular complexity index is 883. The Balaban J connectivity index is 2.02. The van der Waals surface area contributed by atoms with E-state index in [-0.39, 0.29) is 17.7 Å². The molecule has 0 saturated heterocycles. The molecule has 1 aromatic heterocycles. The van der Waals surface area contributed by atoms with Crippen LogP contribution < -0.4 is 0 Å². The summed E-state index contributed by atoms with van der Waals surface area (Å²) in [7, 11) is 0. The van der Waals surface area contributed by atoms with Gasteiger partial charge in [0.1, 0.15) is 29.4 Å². The average Bonchev–Trinajstić information content (AvgIpc) is 2.93. The van der Waals surface area contributed by atoms with Gasteiger partial charge in [0.25, 0.3) is 0 Å². The predicted molar refractivity (Wildman–Crippen MR) is 87.4 cm³/mol. The number of fused-ring (bicyclic) bond motifs is 2. The number of aryl methyl sites for hydroxylation is 1. The fourth-order valence-corrected chi connectivity index (χ4v) is 3.48. The minimum absolute atomic E-state index is 0.0424. The van der Waals surface area contributed by atoms with Gasteiger partial charge in [-0.15, -0.1) is 0 Å². The Labute approximate surface area is 134 Å². The van der Waals surface area contributed by atoms with Crippen LogP contribution in [0.2, 0.25) is 0 Å². The molecule has 0 saturated carbocycles. The Morgan fingerprint density at radius 1 is 1.00 bits per heavy atom. The van der Waals surface area contributed by atoms with Crippen molar-refractivity contribution < 1.29 is 4.79 Å². The maximum Gasteiger partial charge on any atom is 0.147 e. The van der Waals surface area contributed by atoms with Crippen LogP contribution in [0.3, 0.4) is 0 Å². The summed E-state index contributed by atoms with van der Waals surface area (Å²) in [6.45, 7) is 3.49. The van der Waals surface area contributed by atoms with Gasteiger partial charge in [-0.1, -0.05) is 54.6 Å². The predicted octanol–water partition coefficient (Wildman–Crippen LogP) is 3.26. The molecule has 0 spiro atoms. The summed E-state index contributed by atoms with van der Waals surface area (Å²) in [6, 6.07) is 18.3. The van der Waals surface area contributed by atoms with Crippen LogP contribution in [0, 0.1) is 6.92 Å². The lowest BCUT2D eigenvalue weighted by Gasteiger charge is -2.31. The van der Waals surface area contributed by atoms with Crippen LogP contribution >= 0.6 is 0 Å². The minimum Gasteiger partial charge on any atom is -0.299 e. The number of carbonyl (C=O) groups excluding carboxylic acids is 1. The first-order valence-electron chi connectivity index (χ1n) is 7.74. The summed E-state index contributed by atoms with van der Waals surface area (Å²) < 4.78 is 1.92. The Hall–Kier alpha value is -2.75. The molecule has 4 heteroatoms. The van der Waals surface area contributed by atoms with Crippen molar-refractivity contribution in [3.63, 3.8) is 0 Å². The Morgan fingerprint density at radius 3 is 2.35 bits per heavy atom. The monoisotopic (exact) mass is 303 g/mol. The first-order chi connectivity index (χ1) is 11.2. The highest BCUT2D eigenvalue weighted by atomic mass is 16.1. The summed E-state index contributed by atoms with van der Waals surface area (Å²) in [4.78, 5) is 16.9. The van der Waals surface area contributed by atoms with Crippen LogP contribution in [0.4, 0.5) is 0 Å². The fourth-order valence-electron chi connectivity index (χ4n) is 3.48. The van der Waals surface area contributed by atoms with Crippen molar-refractivity contribution in [2.45, 2.75) is 25.8 Å². The van der Waals surface area contributed by atoms with Gasteiger partial charge < -0.3 is 0 Å². The molecule has 0 N–H and O–H groups in total. The third kappa shape index (κ3) is 2.10. The van der Waals surface area contributed by atoms with Gasteiger partial charge in [-0.25, -0.2) is 9.67 Å². The van der Waals surface area contributed by atoms with Crippen LogP contribution in [0.5, 0.6) is 0 Å². The molecule has 1 aliphatic rings. The summed E-state index contributed by atoms with van der Waals surface area (Å²) in [5, 5.41) is 4.59. The Morgan fingerprint density at radius 2 is 1.65 bits per heavy atom. The maximum absolute atomic E-state index is 12.3. The zero-order chi connectivity index (χ0) is 16.0. The molecule has 0 unspecified atom stereocenters. The van der Waals surface area contributed by atoms with E-state index in [1.54, 1.807) is 6.92 Å². The molecule has 2 heterocycles. The maximum atomic E-state index is 12.3. The molecular formula is C19H17N3O. The van der Waals surface area contributed by atoms with E-state index in [4.69, 9.17) is 0 Å². The second kappa shape index (κ2) is 5.16. The number of benzene rings is 2. The van der Waals surface area contributed by atoms with Crippen molar-refractivity contribution in [3.8, 4) is 0 Å². The highest BCUT2D eigenvalue weighted by Gasteiger charge is 2.37. The van der Waals surface area contributed by atoms with Gasteiger partial charge in [-0.3, -0.25) is 4.79 Å². The molecular weight excluding hydrogens is 286 g/mol. The van der Waals surface area contributed by atoms with Crippen LogP contribution in [0.1, 0.15) is 47.2 Å². The van der Waals surface area contributed by atoms with Gasteiger partial charge in [0.05, 0.1) is 0 Å². The zero-order valence-electron chi connectivity index (χ0n) is 13.1. The summed E-state index contributed by atoms with van der Waals surface area (Å²) in [5.74, 6) is 1.19. The van der Waals surface area contributed by atoms with Gasteiger partial charge in [0.15, 0.2) is 0 Å². The van der Waals surface area contributed by atoms with E-state index in [9.17, 15) is 4.79 Å². The first-order valence-corrected chi connectivity index (χ1v) is 7.74. The highest BCUT2D eigenvalue weighted by Crippen LogP contribution is 2.41. The number of rotatable bonds is 2. The lowest BCUT2D eigenvalue weighted by molar-refractivity contribution is -0.117. The molecule has 23 heavy (non-hydrogen) atoms. The molecule has 0 amide bonds. The topological polar surface area (TPSA) is 47.8 Å². The standard InChI is InChI=1S/C19H17N3O/c1-12(23)17-15-10-6-7-11-16(15)18(14-8-4-3-5-9-14)22-19(17)20-13(2)21-22/h3-11,17-18H,1-2H3/t17-,18-/m1/s1. The number of aromatic nitrogens is 3. The normalized spacial score (nSPS) is 19.0. The highest BCUT2D eigenvalue weighted by molar-refractivity contribution is 5.87. The second-order valence-corrected chi connectivity index (χ2v) is 5.95. The van der Waals surface area contributed by atoms with Crippen molar-refractivity contribution in [3.05, 3.63) is 82.9 Å². The molecule has 114 valence electrons. The Kier molecular flexibility index (Phi) is 3.11. The van der Waals surface area contributed by atoms with E-state index in [1.807, 2.05) is 48.0 Å². The van der Waals surface area contributed by atoms with Crippen molar-refractivity contribution in [2.75, 3.05) is 0 Å². The fraction of sp³-hybridized carbons (Fsp3) is 0.211. The smallest absolute Gasteiger partial charge is 0.147 e. The number of carbonyl (C=O) groups is 1. The van der Waals surface area contributed by atoms with E-state index < -0.39 is 0 Å². The van der Waals surface area contributed by atoms with Crippen LogP contribution in [0.25, 0.3) is 0 Å². The zero-order valence-corrected chi connectivity index (χ0v) is 13.1. The first kappa shape index (κ1) is 13.9. The van der Waals surface area contributed by atoms with Gasteiger partial charge in [-0.2, -0.15) is 5.10 Å². The third-order valence-electron chi connectivity index (χ3n) is 4.39. The van der Waals surface area contributed by atoms with E-state index in [1.165, 1.54) is 0 Å². The number of hydrogen-bond donors (Lipinski definition) is 0. The molecule has 0 aliphatic carbocycles. The molecule has 1 aliphatic heterocycles. The summed E-state index contributed by atoms with van der Waals surface area (Å²) in [5.41, 5.74) is 3.30. The largest absolute Gasteiger partial charge is 0.299 e. The van der Waals surface area contributed by atoms with Crippen LogP contribution in [-0.4, -0.2) is 20.5 Å². The van der Waals surface area contributed by atoms with E-state index in [0.29, 0.717) is 5.82 Å². The molecule has 2 aromatic carbocycles. The molecule has 0 radical (unpaired) electrons. The van der Waals surface area contributed by atoms with Crippen LogP contribution in [0.15, 0.2) is 54.6 Å². The SMILES string of the molecule is CC(=O)[C@@H]1c2ccccc2[C@@H](c2ccccc2)n2nc(C)nc21. The van der Waals surface area contributed by atoms with Gasteiger partial charge in [0.2, 0.25) is 0 Å². The van der Waals surface area contributed by atoms with Crippen molar-refractivity contribution in [1.82, 2.24) is 14.8 Å². The second-order valence-electron chi connectivity index (χ2n) is 5.95. The lowest BCUT2D eigenvalue weighted by atomic mass is 9.82. The molecule has 3 aromatic rings. The molecule has 4 rings (SSSR count). The van der Waals surface area contributed by atoms with Crippen molar-refractivity contribution in [1.29, 1.82) is 0 Å². The lowest BCUT2D eigenvalue weighted by Crippen LogP contribution is -2.29. The van der Waals surface area contributed by atoms with E-state index in [0.717, 1.165) is 22.5 Å². The van der Waals surface area contributed by atoms with E-state index >= 15 is 0 Å². The quantitative estimate of drug-likeness (QED) is 0.730. The number of nitrogens with zero attached hydrogens (tertiary/aromatic N) is 3.